The zero-order chi connectivity index (χ0) is 14.1. The molecular formula is C15H20N4O. The summed E-state index contributed by atoms with van der Waals surface area (Å²) in [5, 5.41) is 1.10. The fourth-order valence-corrected chi connectivity index (χ4v) is 2.48. The number of benzene rings is 1. The number of ether oxygens (including phenoxy) is 1. The van der Waals surface area contributed by atoms with Crippen molar-refractivity contribution in [2.45, 2.75) is 25.4 Å². The highest BCUT2D eigenvalue weighted by Crippen LogP contribution is 2.29. The summed E-state index contributed by atoms with van der Waals surface area (Å²) in [6.45, 7) is 0.860. The van der Waals surface area contributed by atoms with Gasteiger partial charge in [0.05, 0.1) is 12.6 Å². The largest absolute Gasteiger partial charge is 0.497 e. The Bertz CT molecular complexity index is 625. The number of rotatable bonds is 5. The van der Waals surface area contributed by atoms with Crippen LogP contribution in [0.15, 0.2) is 24.3 Å². The summed E-state index contributed by atoms with van der Waals surface area (Å²) >= 11 is 0. The van der Waals surface area contributed by atoms with Gasteiger partial charge in [0.25, 0.3) is 0 Å². The van der Waals surface area contributed by atoms with E-state index in [1.54, 1.807) is 7.11 Å². The predicted octanol–water partition coefficient (Wildman–Crippen LogP) is 2.12. The second-order valence-electron chi connectivity index (χ2n) is 5.35. The third-order valence-corrected chi connectivity index (χ3v) is 3.83. The molecule has 1 heterocycles. The molecule has 0 saturated heterocycles. The maximum Gasteiger partial charge on any atom is 0.145 e. The van der Waals surface area contributed by atoms with Crippen molar-refractivity contribution < 1.29 is 4.74 Å². The number of hydrazine groups is 1. The molecule has 5 nitrogen and oxygen atoms in total. The normalized spacial score (nSPS) is 14.8. The Kier molecular flexibility index (Phi) is 3.46. The third-order valence-electron chi connectivity index (χ3n) is 3.83. The van der Waals surface area contributed by atoms with Crippen molar-refractivity contribution in [2.75, 3.05) is 19.6 Å². The molecule has 3 N–H and O–H groups in total. The van der Waals surface area contributed by atoms with Crippen LogP contribution >= 0.6 is 0 Å². The van der Waals surface area contributed by atoms with Crippen LogP contribution in [0.3, 0.4) is 0 Å². The van der Waals surface area contributed by atoms with Crippen LogP contribution in [0.5, 0.6) is 5.75 Å². The van der Waals surface area contributed by atoms with Crippen molar-refractivity contribution in [3.63, 3.8) is 0 Å². The van der Waals surface area contributed by atoms with Crippen LogP contribution in [-0.4, -0.2) is 30.1 Å². The molecule has 2 aromatic rings. The Balaban J connectivity index is 1.97. The van der Waals surface area contributed by atoms with E-state index in [0.717, 1.165) is 34.6 Å². The monoisotopic (exact) mass is 272 g/mol. The molecule has 1 fully saturated rings. The summed E-state index contributed by atoms with van der Waals surface area (Å²) in [6, 6.07) is 8.77. The molecule has 106 valence electrons. The number of aromatic nitrogens is 1. The minimum atomic E-state index is 0.715. The summed E-state index contributed by atoms with van der Waals surface area (Å²) < 4.78 is 5.23. The highest BCUT2D eigenvalue weighted by atomic mass is 16.5. The van der Waals surface area contributed by atoms with Gasteiger partial charge in [0, 0.05) is 29.6 Å². The van der Waals surface area contributed by atoms with Crippen LogP contribution in [0.1, 0.15) is 18.4 Å². The summed E-state index contributed by atoms with van der Waals surface area (Å²) in [6.07, 6.45) is 2.58. The average molecular weight is 272 g/mol. The lowest BCUT2D eigenvalue weighted by Gasteiger charge is -2.18. The van der Waals surface area contributed by atoms with Gasteiger partial charge >= 0.3 is 0 Å². The smallest absolute Gasteiger partial charge is 0.145 e. The summed E-state index contributed by atoms with van der Waals surface area (Å²) in [7, 11) is 3.80. The maximum absolute atomic E-state index is 5.62. The maximum atomic E-state index is 5.62. The number of anilines is 1. The van der Waals surface area contributed by atoms with Crippen molar-refractivity contribution in [2.24, 2.45) is 5.84 Å². The molecule has 0 spiro atoms. The molecule has 1 aromatic carbocycles. The van der Waals surface area contributed by atoms with Gasteiger partial charge in [-0.2, -0.15) is 0 Å². The van der Waals surface area contributed by atoms with Gasteiger partial charge < -0.3 is 10.2 Å². The number of pyridine rings is 1. The van der Waals surface area contributed by atoms with Crippen LogP contribution in [0.2, 0.25) is 0 Å². The quantitative estimate of drug-likeness (QED) is 0.645. The first-order valence-electron chi connectivity index (χ1n) is 6.86. The van der Waals surface area contributed by atoms with Crippen LogP contribution < -0.4 is 16.0 Å². The summed E-state index contributed by atoms with van der Waals surface area (Å²) in [5.41, 5.74) is 4.72. The van der Waals surface area contributed by atoms with Crippen molar-refractivity contribution >= 4 is 16.7 Å². The molecule has 0 atom stereocenters. The summed E-state index contributed by atoms with van der Waals surface area (Å²) in [5.74, 6) is 7.15. The number of methoxy groups -OCH3 is 1. The molecular weight excluding hydrogens is 252 g/mol. The highest BCUT2D eigenvalue weighted by molar-refractivity contribution is 5.83. The lowest BCUT2D eigenvalue weighted by molar-refractivity contribution is 0.317. The highest BCUT2D eigenvalue weighted by Gasteiger charge is 2.26. The molecule has 0 aliphatic heterocycles. The Morgan fingerprint density at radius 2 is 2.20 bits per heavy atom. The molecule has 3 rings (SSSR count). The molecule has 5 heteroatoms. The minimum Gasteiger partial charge on any atom is -0.497 e. The fourth-order valence-electron chi connectivity index (χ4n) is 2.48. The van der Waals surface area contributed by atoms with Gasteiger partial charge in [-0.3, -0.25) is 4.90 Å². The van der Waals surface area contributed by atoms with Crippen LogP contribution in [0.4, 0.5) is 5.82 Å². The van der Waals surface area contributed by atoms with E-state index in [9.17, 15) is 0 Å². The molecule has 0 amide bonds. The number of nitrogens with zero attached hydrogens (tertiary/aromatic N) is 2. The second-order valence-corrected chi connectivity index (χ2v) is 5.35. The van der Waals surface area contributed by atoms with E-state index < -0.39 is 0 Å². The van der Waals surface area contributed by atoms with Gasteiger partial charge in [-0.1, -0.05) is 0 Å². The standard InChI is InChI=1S/C15H20N4O/c1-19(12-4-5-12)9-11-7-10-3-6-13(20-2)8-14(10)17-15(11)18-16/h3,6-8,12H,4-5,9,16H2,1-2H3,(H,17,18). The Morgan fingerprint density at radius 3 is 2.85 bits per heavy atom. The van der Waals surface area contributed by atoms with Crippen molar-refractivity contribution in [1.82, 2.24) is 9.88 Å². The van der Waals surface area contributed by atoms with Gasteiger partial charge in [-0.25, -0.2) is 10.8 Å². The Morgan fingerprint density at radius 1 is 1.40 bits per heavy atom. The first kappa shape index (κ1) is 13.1. The first-order valence-corrected chi connectivity index (χ1v) is 6.86. The number of nitrogens with two attached hydrogens (primary N) is 1. The molecule has 1 saturated carbocycles. The first-order chi connectivity index (χ1) is 9.71. The number of hydrogen-bond acceptors (Lipinski definition) is 5. The minimum absolute atomic E-state index is 0.715. The Labute approximate surface area is 118 Å². The van der Waals surface area contributed by atoms with Crippen molar-refractivity contribution in [3.05, 3.63) is 29.8 Å². The van der Waals surface area contributed by atoms with Crippen LogP contribution in [0.25, 0.3) is 10.9 Å². The number of nitrogen functional groups attached to an aromatic ring is 1. The molecule has 1 aliphatic rings. The molecule has 1 aliphatic carbocycles. The number of nitrogens with one attached hydrogen (secondary N) is 1. The van der Waals surface area contributed by atoms with Gasteiger partial charge in [0.15, 0.2) is 0 Å². The van der Waals surface area contributed by atoms with Gasteiger partial charge in [-0.15, -0.1) is 0 Å². The second kappa shape index (κ2) is 5.26. The van der Waals surface area contributed by atoms with Crippen molar-refractivity contribution in [1.29, 1.82) is 0 Å². The SMILES string of the molecule is COc1ccc2cc(CN(C)C3CC3)c(NN)nc2c1. The topological polar surface area (TPSA) is 63.4 Å². The molecule has 20 heavy (non-hydrogen) atoms. The molecule has 0 radical (unpaired) electrons. The number of hydrogen-bond donors (Lipinski definition) is 2. The van der Waals surface area contributed by atoms with Gasteiger partial charge in [0.1, 0.15) is 11.6 Å². The van der Waals surface area contributed by atoms with E-state index in [2.05, 4.69) is 28.4 Å². The average Bonchev–Trinajstić information content (AvgIpc) is 3.30. The third kappa shape index (κ3) is 2.55. The van der Waals surface area contributed by atoms with E-state index >= 15 is 0 Å². The molecule has 0 unspecified atom stereocenters. The van der Waals surface area contributed by atoms with Gasteiger partial charge in [0.2, 0.25) is 0 Å². The molecule has 0 bridgehead atoms. The zero-order valence-electron chi connectivity index (χ0n) is 11.9. The van der Waals surface area contributed by atoms with Gasteiger partial charge in [-0.05, 0) is 38.1 Å². The predicted molar refractivity (Wildman–Crippen MR) is 80.6 cm³/mol. The summed E-state index contributed by atoms with van der Waals surface area (Å²) in [4.78, 5) is 6.95. The van der Waals surface area contributed by atoms with E-state index in [0.29, 0.717) is 6.04 Å². The van der Waals surface area contributed by atoms with E-state index in [4.69, 9.17) is 10.6 Å². The van der Waals surface area contributed by atoms with E-state index in [-0.39, 0.29) is 0 Å². The zero-order valence-corrected chi connectivity index (χ0v) is 11.9. The number of fused-ring (bicyclic) bond motifs is 1. The lowest BCUT2D eigenvalue weighted by Crippen LogP contribution is -2.22. The molecule has 1 aromatic heterocycles. The fraction of sp³-hybridized carbons (Fsp3) is 0.400. The van der Waals surface area contributed by atoms with E-state index in [1.807, 2.05) is 18.2 Å². The van der Waals surface area contributed by atoms with E-state index in [1.165, 1.54) is 12.8 Å². The van der Waals surface area contributed by atoms with Crippen LogP contribution in [0, 0.1) is 0 Å². The van der Waals surface area contributed by atoms with Crippen LogP contribution in [-0.2, 0) is 6.54 Å². The lowest BCUT2D eigenvalue weighted by atomic mass is 10.1. The Hall–Kier alpha value is -1.85. The van der Waals surface area contributed by atoms with Crippen molar-refractivity contribution in [3.8, 4) is 5.75 Å².